The minimum Gasteiger partial charge on any atom is -0.462 e. The van der Waals surface area contributed by atoms with Crippen molar-refractivity contribution in [3.05, 3.63) is 63.9 Å². The number of amides is 1. The molecule has 0 saturated carbocycles. The first-order valence-electron chi connectivity index (χ1n) is 7.15. The van der Waals surface area contributed by atoms with Gasteiger partial charge in [-0.15, -0.1) is 0 Å². The number of hydrogen-bond acceptors (Lipinski definition) is 4. The molecule has 0 bridgehead atoms. The van der Waals surface area contributed by atoms with Gasteiger partial charge in [0.1, 0.15) is 18.0 Å². The lowest BCUT2D eigenvalue weighted by molar-refractivity contribution is 0.0522. The van der Waals surface area contributed by atoms with E-state index in [0.717, 1.165) is 11.6 Å². The van der Waals surface area contributed by atoms with E-state index in [0.29, 0.717) is 4.47 Å². The van der Waals surface area contributed by atoms with Crippen LogP contribution in [0.5, 0.6) is 0 Å². The fourth-order valence-electron chi connectivity index (χ4n) is 1.94. The highest BCUT2D eigenvalue weighted by Gasteiger charge is 2.22. The summed E-state index contributed by atoms with van der Waals surface area (Å²) in [5.41, 5.74) is 0.408. The first kappa shape index (κ1) is 17.9. The van der Waals surface area contributed by atoms with Gasteiger partial charge in [-0.05, 0) is 40.5 Å². The zero-order chi connectivity index (χ0) is 17.5. The van der Waals surface area contributed by atoms with Gasteiger partial charge in [0.2, 0.25) is 0 Å². The van der Waals surface area contributed by atoms with E-state index in [1.165, 1.54) is 6.07 Å². The maximum Gasteiger partial charge on any atom is 0.412 e. The van der Waals surface area contributed by atoms with Crippen molar-refractivity contribution < 1.29 is 23.5 Å². The monoisotopic (exact) mass is 395 g/mol. The van der Waals surface area contributed by atoms with Gasteiger partial charge in [0, 0.05) is 4.47 Å². The molecule has 0 spiro atoms. The van der Waals surface area contributed by atoms with Crippen LogP contribution in [0.1, 0.15) is 22.8 Å². The van der Waals surface area contributed by atoms with Crippen molar-refractivity contribution >= 4 is 33.7 Å². The minimum absolute atomic E-state index is 0.0356. The lowest BCUT2D eigenvalue weighted by Crippen LogP contribution is -2.18. The van der Waals surface area contributed by atoms with Crippen molar-refractivity contribution in [2.24, 2.45) is 0 Å². The van der Waals surface area contributed by atoms with Crippen LogP contribution in [-0.4, -0.2) is 18.7 Å². The van der Waals surface area contributed by atoms with Gasteiger partial charge in [-0.3, -0.25) is 5.32 Å². The van der Waals surface area contributed by atoms with E-state index >= 15 is 0 Å². The average Bonchev–Trinajstić information content (AvgIpc) is 2.57. The molecule has 2 aromatic rings. The van der Waals surface area contributed by atoms with Gasteiger partial charge < -0.3 is 9.47 Å². The van der Waals surface area contributed by atoms with E-state index in [1.54, 1.807) is 19.1 Å². The maximum atomic E-state index is 14.0. The third-order valence-corrected chi connectivity index (χ3v) is 3.68. The SMILES string of the molecule is CCOC(=O)c1c(F)ccc(Br)c1NC(=O)OCc1ccccc1. The molecule has 0 radical (unpaired) electrons. The Morgan fingerprint density at radius 3 is 2.50 bits per heavy atom. The van der Waals surface area contributed by atoms with Gasteiger partial charge in [0.15, 0.2) is 0 Å². The van der Waals surface area contributed by atoms with Crippen LogP contribution in [0.4, 0.5) is 14.9 Å². The van der Waals surface area contributed by atoms with Gasteiger partial charge >= 0.3 is 12.1 Å². The van der Waals surface area contributed by atoms with E-state index in [9.17, 15) is 14.0 Å². The molecule has 0 fully saturated rings. The second-order valence-electron chi connectivity index (χ2n) is 4.69. The number of rotatable bonds is 5. The predicted molar refractivity (Wildman–Crippen MR) is 90.3 cm³/mol. The number of ether oxygens (including phenoxy) is 2. The Bertz CT molecular complexity index is 737. The molecule has 0 atom stereocenters. The van der Waals surface area contributed by atoms with Crippen LogP contribution in [0.3, 0.4) is 0 Å². The molecule has 2 rings (SSSR count). The normalized spacial score (nSPS) is 10.1. The largest absolute Gasteiger partial charge is 0.462 e. The molecule has 0 aliphatic carbocycles. The Balaban J connectivity index is 2.14. The molecule has 5 nitrogen and oxygen atoms in total. The summed E-state index contributed by atoms with van der Waals surface area (Å²) in [6.45, 7) is 1.74. The molecule has 0 unspecified atom stereocenters. The molecule has 0 saturated heterocycles. The van der Waals surface area contributed by atoms with E-state index in [-0.39, 0.29) is 24.5 Å². The Morgan fingerprint density at radius 2 is 1.83 bits per heavy atom. The summed E-state index contributed by atoms with van der Waals surface area (Å²) in [7, 11) is 0. The number of halogens is 2. The molecule has 0 aliphatic heterocycles. The molecule has 0 aliphatic rings. The number of benzene rings is 2. The number of nitrogens with one attached hydrogen (secondary N) is 1. The molecule has 24 heavy (non-hydrogen) atoms. The van der Waals surface area contributed by atoms with Crippen LogP contribution in [0.2, 0.25) is 0 Å². The third-order valence-electron chi connectivity index (χ3n) is 3.02. The molecular weight excluding hydrogens is 381 g/mol. The smallest absolute Gasteiger partial charge is 0.412 e. The summed E-state index contributed by atoms with van der Waals surface area (Å²) in [5, 5.41) is 2.38. The average molecular weight is 396 g/mol. The second kappa shape index (κ2) is 8.44. The van der Waals surface area contributed by atoms with Crippen molar-refractivity contribution in [2.45, 2.75) is 13.5 Å². The second-order valence-corrected chi connectivity index (χ2v) is 5.54. The molecular formula is C17H15BrFNO4. The van der Waals surface area contributed by atoms with Gasteiger partial charge in [-0.2, -0.15) is 0 Å². The highest BCUT2D eigenvalue weighted by Crippen LogP contribution is 2.29. The first-order valence-corrected chi connectivity index (χ1v) is 7.95. The predicted octanol–water partition coefficient (Wildman–Crippen LogP) is 4.51. The highest BCUT2D eigenvalue weighted by molar-refractivity contribution is 9.10. The van der Waals surface area contributed by atoms with E-state index in [2.05, 4.69) is 21.2 Å². The molecule has 7 heteroatoms. The summed E-state index contributed by atoms with van der Waals surface area (Å²) in [4.78, 5) is 23.9. The molecule has 126 valence electrons. The van der Waals surface area contributed by atoms with Gasteiger partial charge in [0.05, 0.1) is 12.3 Å². The topological polar surface area (TPSA) is 64.6 Å². The summed E-state index contributed by atoms with van der Waals surface area (Å²) >= 11 is 3.18. The van der Waals surface area contributed by atoms with Crippen molar-refractivity contribution in [3.8, 4) is 0 Å². The van der Waals surface area contributed by atoms with Gasteiger partial charge in [-0.1, -0.05) is 30.3 Å². The molecule has 0 heterocycles. The van der Waals surface area contributed by atoms with Crippen LogP contribution < -0.4 is 5.32 Å². The number of carbonyl (C=O) groups excluding carboxylic acids is 2. The zero-order valence-corrected chi connectivity index (χ0v) is 14.4. The Hall–Kier alpha value is -2.41. The summed E-state index contributed by atoms with van der Waals surface area (Å²) < 4.78 is 24.2. The van der Waals surface area contributed by atoms with Crippen LogP contribution >= 0.6 is 15.9 Å². The Labute approximate surface area is 146 Å². The number of esters is 1. The summed E-state index contributed by atoms with van der Waals surface area (Å²) in [6.07, 6.45) is -0.810. The minimum atomic E-state index is -0.866. The van der Waals surface area contributed by atoms with E-state index < -0.39 is 17.9 Å². The highest BCUT2D eigenvalue weighted by atomic mass is 79.9. The van der Waals surface area contributed by atoms with E-state index in [4.69, 9.17) is 9.47 Å². The van der Waals surface area contributed by atoms with E-state index in [1.807, 2.05) is 18.2 Å². The van der Waals surface area contributed by atoms with Gasteiger partial charge in [0.25, 0.3) is 0 Å². The van der Waals surface area contributed by atoms with Crippen molar-refractivity contribution in [3.63, 3.8) is 0 Å². The maximum absolute atomic E-state index is 14.0. The summed E-state index contributed by atoms with van der Waals surface area (Å²) in [6, 6.07) is 11.6. The molecule has 2 aromatic carbocycles. The zero-order valence-electron chi connectivity index (χ0n) is 12.8. The van der Waals surface area contributed by atoms with Crippen molar-refractivity contribution in [1.29, 1.82) is 0 Å². The quantitative estimate of drug-likeness (QED) is 0.756. The van der Waals surface area contributed by atoms with Gasteiger partial charge in [-0.25, -0.2) is 14.0 Å². The van der Waals surface area contributed by atoms with Crippen LogP contribution in [0, 0.1) is 5.82 Å². The lowest BCUT2D eigenvalue weighted by atomic mass is 10.1. The van der Waals surface area contributed by atoms with Crippen molar-refractivity contribution in [1.82, 2.24) is 0 Å². The van der Waals surface area contributed by atoms with Crippen LogP contribution in [0.15, 0.2) is 46.9 Å². The fraction of sp³-hybridized carbons (Fsp3) is 0.176. The van der Waals surface area contributed by atoms with Crippen molar-refractivity contribution in [2.75, 3.05) is 11.9 Å². The first-order chi connectivity index (χ1) is 11.5. The third kappa shape index (κ3) is 4.55. The number of carbonyl (C=O) groups is 2. The fourth-order valence-corrected chi connectivity index (χ4v) is 2.37. The summed E-state index contributed by atoms with van der Waals surface area (Å²) in [5.74, 6) is -1.66. The Kier molecular flexibility index (Phi) is 6.31. The molecule has 0 aromatic heterocycles. The van der Waals surface area contributed by atoms with Crippen LogP contribution in [-0.2, 0) is 16.1 Å². The number of anilines is 1. The lowest BCUT2D eigenvalue weighted by Gasteiger charge is -2.13. The number of hydrogen-bond donors (Lipinski definition) is 1. The molecule has 1 N–H and O–H groups in total. The Morgan fingerprint density at radius 1 is 1.12 bits per heavy atom. The van der Waals surface area contributed by atoms with Crippen LogP contribution in [0.25, 0.3) is 0 Å². The standard InChI is InChI=1S/C17H15BrFNO4/c1-2-23-16(21)14-13(19)9-8-12(18)15(14)20-17(22)24-10-11-6-4-3-5-7-11/h3-9H,2,10H2,1H3,(H,20,22). The molecule has 1 amide bonds.